The summed E-state index contributed by atoms with van der Waals surface area (Å²) in [4.78, 5) is 11.7. The SMILES string of the molecule is CN(CCO)S(=O)(=O)c1ccc(C(CC2CCCC2)C(=O)O)cc1. The predicted molar refractivity (Wildman–Crippen MR) is 90.3 cm³/mol. The number of nitrogens with zero attached hydrogens (tertiary/aromatic N) is 1. The lowest BCUT2D eigenvalue weighted by Crippen LogP contribution is -2.29. The monoisotopic (exact) mass is 355 g/mol. The van der Waals surface area contributed by atoms with Gasteiger partial charge in [-0.3, -0.25) is 4.79 Å². The largest absolute Gasteiger partial charge is 0.481 e. The fourth-order valence-corrected chi connectivity index (χ4v) is 4.43. The van der Waals surface area contributed by atoms with Crippen molar-refractivity contribution in [1.29, 1.82) is 0 Å². The van der Waals surface area contributed by atoms with E-state index in [4.69, 9.17) is 5.11 Å². The van der Waals surface area contributed by atoms with Gasteiger partial charge in [0.1, 0.15) is 0 Å². The topological polar surface area (TPSA) is 94.9 Å². The van der Waals surface area contributed by atoms with Crippen LogP contribution >= 0.6 is 0 Å². The molecule has 1 aliphatic carbocycles. The van der Waals surface area contributed by atoms with E-state index >= 15 is 0 Å². The minimum atomic E-state index is -3.66. The summed E-state index contributed by atoms with van der Waals surface area (Å²) < 4.78 is 25.7. The molecular formula is C17H25NO5S. The van der Waals surface area contributed by atoms with Crippen LogP contribution in [0, 0.1) is 5.92 Å². The average Bonchev–Trinajstić information content (AvgIpc) is 3.06. The van der Waals surface area contributed by atoms with Crippen molar-refractivity contribution in [3.8, 4) is 0 Å². The highest BCUT2D eigenvalue weighted by molar-refractivity contribution is 7.89. The van der Waals surface area contributed by atoms with Crippen LogP contribution in [0.3, 0.4) is 0 Å². The zero-order chi connectivity index (χ0) is 17.7. The summed E-state index contributed by atoms with van der Waals surface area (Å²) in [6.45, 7) is -0.236. The van der Waals surface area contributed by atoms with Crippen LogP contribution in [0.25, 0.3) is 0 Å². The van der Waals surface area contributed by atoms with Gasteiger partial charge in [0.25, 0.3) is 0 Å². The number of aliphatic hydroxyl groups is 1. The third-order valence-corrected chi connectivity index (χ3v) is 6.62. The quantitative estimate of drug-likeness (QED) is 0.744. The lowest BCUT2D eigenvalue weighted by Gasteiger charge is -2.19. The first-order chi connectivity index (χ1) is 11.4. The molecule has 1 aromatic rings. The van der Waals surface area contributed by atoms with Gasteiger partial charge in [0, 0.05) is 13.6 Å². The fraction of sp³-hybridized carbons (Fsp3) is 0.588. The molecule has 0 aromatic heterocycles. The third kappa shape index (κ3) is 4.34. The Labute approximate surface area is 143 Å². The number of rotatable bonds is 8. The first-order valence-corrected chi connectivity index (χ1v) is 9.70. The minimum Gasteiger partial charge on any atom is -0.481 e. The van der Waals surface area contributed by atoms with E-state index in [2.05, 4.69) is 0 Å². The number of aliphatic carboxylic acids is 1. The van der Waals surface area contributed by atoms with Gasteiger partial charge in [0.05, 0.1) is 17.4 Å². The van der Waals surface area contributed by atoms with E-state index in [0.717, 1.165) is 30.0 Å². The minimum absolute atomic E-state index is 0.0174. The summed E-state index contributed by atoms with van der Waals surface area (Å²) in [5.74, 6) is -1.03. The van der Waals surface area contributed by atoms with Crippen LogP contribution < -0.4 is 0 Å². The van der Waals surface area contributed by atoms with Crippen molar-refractivity contribution in [1.82, 2.24) is 4.31 Å². The van der Waals surface area contributed by atoms with Gasteiger partial charge in [0.15, 0.2) is 0 Å². The number of hydrogen-bond acceptors (Lipinski definition) is 4. The van der Waals surface area contributed by atoms with Crippen LogP contribution in [-0.4, -0.2) is 49.1 Å². The van der Waals surface area contributed by atoms with Gasteiger partial charge in [-0.25, -0.2) is 8.42 Å². The second kappa shape index (κ2) is 8.09. The molecule has 1 atom stereocenters. The van der Waals surface area contributed by atoms with Crippen molar-refractivity contribution in [3.05, 3.63) is 29.8 Å². The normalized spacial score (nSPS) is 17.3. The van der Waals surface area contributed by atoms with Crippen LogP contribution in [0.4, 0.5) is 0 Å². The van der Waals surface area contributed by atoms with Gasteiger partial charge in [-0.15, -0.1) is 0 Å². The first kappa shape index (κ1) is 18.9. The van der Waals surface area contributed by atoms with Crippen molar-refractivity contribution in [2.45, 2.75) is 42.9 Å². The smallest absolute Gasteiger partial charge is 0.310 e. The molecule has 0 bridgehead atoms. The van der Waals surface area contributed by atoms with E-state index in [9.17, 15) is 18.3 Å². The van der Waals surface area contributed by atoms with Crippen LogP contribution in [0.5, 0.6) is 0 Å². The molecule has 134 valence electrons. The molecule has 1 saturated carbocycles. The molecule has 7 heteroatoms. The summed E-state index contributed by atoms with van der Waals surface area (Å²) in [5.41, 5.74) is 0.637. The lowest BCUT2D eigenvalue weighted by molar-refractivity contribution is -0.139. The van der Waals surface area contributed by atoms with Gasteiger partial charge in [-0.05, 0) is 30.0 Å². The molecular weight excluding hydrogens is 330 g/mol. The Morgan fingerprint density at radius 3 is 2.33 bits per heavy atom. The second-order valence-corrected chi connectivity index (χ2v) is 8.44. The molecule has 0 spiro atoms. The summed E-state index contributed by atoms with van der Waals surface area (Å²) in [6, 6.07) is 6.08. The fourth-order valence-electron chi connectivity index (χ4n) is 3.27. The highest BCUT2D eigenvalue weighted by atomic mass is 32.2. The maximum atomic E-state index is 12.3. The Morgan fingerprint density at radius 2 is 1.83 bits per heavy atom. The van der Waals surface area contributed by atoms with Gasteiger partial charge < -0.3 is 10.2 Å². The van der Waals surface area contributed by atoms with E-state index in [1.54, 1.807) is 12.1 Å². The van der Waals surface area contributed by atoms with Gasteiger partial charge in [-0.1, -0.05) is 37.8 Å². The van der Waals surface area contributed by atoms with Crippen LogP contribution in [-0.2, 0) is 14.8 Å². The number of carboxylic acid groups (broad SMARTS) is 1. The van der Waals surface area contributed by atoms with Crippen molar-refractivity contribution < 1.29 is 23.4 Å². The summed E-state index contributed by atoms with van der Waals surface area (Å²) in [6.07, 6.45) is 5.06. The second-order valence-electron chi connectivity index (χ2n) is 6.40. The maximum absolute atomic E-state index is 12.3. The zero-order valence-corrected chi connectivity index (χ0v) is 14.7. The third-order valence-electron chi connectivity index (χ3n) is 4.75. The highest BCUT2D eigenvalue weighted by Gasteiger charge is 2.27. The van der Waals surface area contributed by atoms with Crippen LogP contribution in [0.15, 0.2) is 29.2 Å². The number of likely N-dealkylation sites (N-methyl/N-ethyl adjacent to an activating group) is 1. The Bertz CT molecular complexity index is 650. The summed E-state index contributed by atoms with van der Waals surface area (Å²) in [7, 11) is -2.26. The van der Waals surface area contributed by atoms with Crippen LogP contribution in [0.1, 0.15) is 43.6 Å². The van der Waals surface area contributed by atoms with Gasteiger partial charge in [0.2, 0.25) is 10.0 Å². The number of hydrogen-bond donors (Lipinski definition) is 2. The Balaban J connectivity index is 2.18. The number of carboxylic acids is 1. The summed E-state index contributed by atoms with van der Waals surface area (Å²) in [5, 5.41) is 18.4. The molecule has 24 heavy (non-hydrogen) atoms. The molecule has 1 aromatic carbocycles. The Morgan fingerprint density at radius 1 is 1.25 bits per heavy atom. The summed E-state index contributed by atoms with van der Waals surface area (Å²) >= 11 is 0. The molecule has 1 unspecified atom stereocenters. The van der Waals surface area contributed by atoms with Crippen molar-refractivity contribution in [3.63, 3.8) is 0 Å². The molecule has 0 amide bonds. The van der Waals surface area contributed by atoms with Crippen molar-refractivity contribution in [2.75, 3.05) is 20.2 Å². The number of benzene rings is 1. The molecule has 0 aliphatic heterocycles. The average molecular weight is 355 g/mol. The molecule has 1 aliphatic rings. The molecule has 6 nitrogen and oxygen atoms in total. The first-order valence-electron chi connectivity index (χ1n) is 8.26. The number of sulfonamides is 1. The lowest BCUT2D eigenvalue weighted by atomic mass is 9.88. The Kier molecular flexibility index (Phi) is 6.37. The van der Waals surface area contributed by atoms with E-state index in [1.165, 1.54) is 19.2 Å². The van der Waals surface area contributed by atoms with Crippen LogP contribution in [0.2, 0.25) is 0 Å². The molecule has 0 saturated heterocycles. The van der Waals surface area contributed by atoms with Gasteiger partial charge in [-0.2, -0.15) is 4.31 Å². The standard InChI is InChI=1S/C17H25NO5S/c1-18(10-11-19)24(22,23)15-8-6-14(7-9-15)16(17(20)21)12-13-4-2-3-5-13/h6-9,13,16,19H,2-5,10-12H2,1H3,(H,20,21). The maximum Gasteiger partial charge on any atom is 0.310 e. The predicted octanol–water partition coefficient (Wildman–Crippen LogP) is 2.05. The zero-order valence-electron chi connectivity index (χ0n) is 13.9. The molecule has 2 N–H and O–H groups in total. The Hall–Kier alpha value is -1.44. The van der Waals surface area contributed by atoms with E-state index < -0.39 is 21.9 Å². The molecule has 0 heterocycles. The highest BCUT2D eigenvalue weighted by Crippen LogP contribution is 2.34. The molecule has 2 rings (SSSR count). The molecule has 1 fully saturated rings. The molecule has 0 radical (unpaired) electrons. The van der Waals surface area contributed by atoms with E-state index in [0.29, 0.717) is 17.9 Å². The number of carbonyl (C=O) groups is 1. The van der Waals surface area contributed by atoms with E-state index in [-0.39, 0.29) is 18.0 Å². The van der Waals surface area contributed by atoms with Gasteiger partial charge >= 0.3 is 5.97 Å². The number of aliphatic hydroxyl groups excluding tert-OH is 1. The van der Waals surface area contributed by atoms with Crippen molar-refractivity contribution >= 4 is 16.0 Å². The van der Waals surface area contributed by atoms with Crippen molar-refractivity contribution in [2.24, 2.45) is 5.92 Å². The van der Waals surface area contributed by atoms with E-state index in [1.807, 2.05) is 0 Å².